The van der Waals surface area contributed by atoms with E-state index < -0.39 is 0 Å². The molecule has 2 rings (SSSR count). The number of benzene rings is 2. The Kier molecular flexibility index (Phi) is 5.23. The minimum absolute atomic E-state index is 0.180. The fourth-order valence-corrected chi connectivity index (χ4v) is 2.24. The van der Waals surface area contributed by atoms with Gasteiger partial charge in [0, 0.05) is 0 Å². The zero-order valence-corrected chi connectivity index (χ0v) is 12.9. The lowest BCUT2D eigenvalue weighted by Gasteiger charge is -2.17. The molecule has 0 aromatic heterocycles. The number of ether oxygens (including phenoxy) is 2. The summed E-state index contributed by atoms with van der Waals surface area (Å²) in [5, 5.41) is 0. The summed E-state index contributed by atoms with van der Waals surface area (Å²) in [5.41, 5.74) is 8.43. The van der Waals surface area contributed by atoms with E-state index in [1.165, 1.54) is 5.56 Å². The molecule has 3 heteroatoms. The summed E-state index contributed by atoms with van der Waals surface area (Å²) in [5.74, 6) is 2.14. The number of para-hydroxylation sites is 1. The molecule has 1 atom stereocenters. The molecule has 0 bridgehead atoms. The van der Waals surface area contributed by atoms with Gasteiger partial charge in [-0.25, -0.2) is 0 Å². The van der Waals surface area contributed by atoms with Gasteiger partial charge >= 0.3 is 0 Å². The number of rotatable bonds is 6. The topological polar surface area (TPSA) is 44.5 Å². The summed E-state index contributed by atoms with van der Waals surface area (Å²) in [7, 11) is 1.65. The predicted molar refractivity (Wildman–Crippen MR) is 85.9 cm³/mol. The predicted octanol–water partition coefficient (Wildman–Crippen LogP) is 3.90. The Morgan fingerprint density at radius 3 is 2.52 bits per heavy atom. The fourth-order valence-electron chi connectivity index (χ4n) is 2.24. The summed E-state index contributed by atoms with van der Waals surface area (Å²) in [6.45, 7) is 4.76. The Balaban J connectivity index is 2.05. The third-order valence-electron chi connectivity index (χ3n) is 3.48. The summed E-state index contributed by atoms with van der Waals surface area (Å²) < 4.78 is 11.1. The monoisotopic (exact) mass is 285 g/mol. The van der Waals surface area contributed by atoms with Crippen LogP contribution in [0.4, 0.5) is 0 Å². The molecular weight excluding hydrogens is 262 g/mol. The summed E-state index contributed by atoms with van der Waals surface area (Å²) >= 11 is 0. The van der Waals surface area contributed by atoms with Crippen LogP contribution in [0.25, 0.3) is 0 Å². The molecular formula is C18H23NO2. The van der Waals surface area contributed by atoms with Crippen LogP contribution >= 0.6 is 0 Å². The minimum Gasteiger partial charge on any atom is -0.497 e. The number of hydrogen-bond donors (Lipinski definition) is 1. The van der Waals surface area contributed by atoms with E-state index in [0.717, 1.165) is 17.1 Å². The molecule has 0 aliphatic rings. The van der Waals surface area contributed by atoms with Crippen LogP contribution in [0, 0.1) is 0 Å². The van der Waals surface area contributed by atoms with Crippen LogP contribution < -0.4 is 15.2 Å². The van der Waals surface area contributed by atoms with Crippen molar-refractivity contribution in [2.24, 2.45) is 5.73 Å². The first-order chi connectivity index (χ1) is 10.1. The van der Waals surface area contributed by atoms with Crippen molar-refractivity contribution in [1.29, 1.82) is 0 Å². The summed E-state index contributed by atoms with van der Waals surface area (Å²) in [6, 6.07) is 15.7. The first-order valence-corrected chi connectivity index (χ1v) is 7.23. The van der Waals surface area contributed by atoms with Crippen molar-refractivity contribution >= 4 is 0 Å². The third kappa shape index (κ3) is 3.99. The van der Waals surface area contributed by atoms with Crippen LogP contribution in [0.2, 0.25) is 0 Å². The Hall–Kier alpha value is -2.00. The van der Waals surface area contributed by atoms with Crippen LogP contribution in [-0.2, 0) is 0 Å². The normalized spacial score (nSPS) is 12.2. The molecule has 2 aromatic carbocycles. The second-order valence-corrected chi connectivity index (χ2v) is 5.39. The van der Waals surface area contributed by atoms with Gasteiger partial charge in [0.25, 0.3) is 0 Å². The molecule has 0 spiro atoms. The van der Waals surface area contributed by atoms with Crippen molar-refractivity contribution in [2.45, 2.75) is 25.8 Å². The lowest BCUT2D eigenvalue weighted by molar-refractivity contribution is 0.286. The smallest absolute Gasteiger partial charge is 0.122 e. The van der Waals surface area contributed by atoms with Gasteiger partial charge in [-0.2, -0.15) is 0 Å². The van der Waals surface area contributed by atoms with E-state index in [-0.39, 0.29) is 6.04 Å². The van der Waals surface area contributed by atoms with Gasteiger partial charge in [0.15, 0.2) is 0 Å². The van der Waals surface area contributed by atoms with Crippen molar-refractivity contribution in [3.05, 3.63) is 59.7 Å². The molecule has 112 valence electrons. The second-order valence-electron chi connectivity index (χ2n) is 5.39. The van der Waals surface area contributed by atoms with Crippen LogP contribution in [0.3, 0.4) is 0 Å². The number of nitrogens with two attached hydrogens (primary N) is 1. The number of hydrogen-bond acceptors (Lipinski definition) is 3. The van der Waals surface area contributed by atoms with Gasteiger partial charge < -0.3 is 15.2 Å². The lowest BCUT2D eigenvalue weighted by Crippen LogP contribution is -2.19. The zero-order chi connectivity index (χ0) is 15.2. The van der Waals surface area contributed by atoms with Gasteiger partial charge in [0.05, 0.1) is 13.2 Å². The molecule has 3 nitrogen and oxygen atoms in total. The molecule has 1 unspecified atom stereocenters. The number of methoxy groups -OCH3 is 1. The van der Waals surface area contributed by atoms with Gasteiger partial charge in [0.1, 0.15) is 18.1 Å². The Morgan fingerprint density at radius 1 is 1.05 bits per heavy atom. The molecule has 0 fully saturated rings. The van der Waals surface area contributed by atoms with E-state index in [1.807, 2.05) is 42.5 Å². The molecule has 2 aromatic rings. The third-order valence-corrected chi connectivity index (χ3v) is 3.48. The van der Waals surface area contributed by atoms with E-state index >= 15 is 0 Å². The van der Waals surface area contributed by atoms with Crippen LogP contribution in [0.1, 0.15) is 36.9 Å². The SMILES string of the molecule is COc1cccc(C(N)COc2ccccc2C(C)C)c1. The van der Waals surface area contributed by atoms with Crippen molar-refractivity contribution in [3.63, 3.8) is 0 Å². The van der Waals surface area contributed by atoms with E-state index in [2.05, 4.69) is 19.9 Å². The molecule has 0 aliphatic heterocycles. The summed E-state index contributed by atoms with van der Waals surface area (Å²) in [6.07, 6.45) is 0. The van der Waals surface area contributed by atoms with Crippen LogP contribution in [0.5, 0.6) is 11.5 Å². The maximum atomic E-state index is 6.21. The van der Waals surface area contributed by atoms with Crippen LogP contribution in [-0.4, -0.2) is 13.7 Å². The van der Waals surface area contributed by atoms with E-state index in [0.29, 0.717) is 12.5 Å². The first-order valence-electron chi connectivity index (χ1n) is 7.23. The van der Waals surface area contributed by atoms with Gasteiger partial charge in [0.2, 0.25) is 0 Å². The second kappa shape index (κ2) is 7.14. The van der Waals surface area contributed by atoms with Gasteiger partial charge in [-0.15, -0.1) is 0 Å². The maximum Gasteiger partial charge on any atom is 0.122 e. The lowest BCUT2D eigenvalue weighted by atomic mass is 10.0. The molecule has 0 aliphatic carbocycles. The molecule has 0 radical (unpaired) electrons. The van der Waals surface area contributed by atoms with E-state index in [4.69, 9.17) is 15.2 Å². The molecule has 2 N–H and O–H groups in total. The Labute approximate surface area is 126 Å². The Morgan fingerprint density at radius 2 is 1.81 bits per heavy atom. The molecule has 0 heterocycles. The average molecular weight is 285 g/mol. The quantitative estimate of drug-likeness (QED) is 0.875. The largest absolute Gasteiger partial charge is 0.497 e. The maximum absolute atomic E-state index is 6.21. The highest BCUT2D eigenvalue weighted by molar-refractivity contribution is 5.36. The molecule has 0 saturated carbocycles. The molecule has 21 heavy (non-hydrogen) atoms. The fraction of sp³-hybridized carbons (Fsp3) is 0.333. The van der Waals surface area contributed by atoms with E-state index in [9.17, 15) is 0 Å². The van der Waals surface area contributed by atoms with Gasteiger partial charge in [-0.05, 0) is 35.2 Å². The van der Waals surface area contributed by atoms with Crippen molar-refractivity contribution in [1.82, 2.24) is 0 Å². The highest BCUT2D eigenvalue weighted by Gasteiger charge is 2.11. The first kappa shape index (κ1) is 15.4. The van der Waals surface area contributed by atoms with Crippen molar-refractivity contribution < 1.29 is 9.47 Å². The van der Waals surface area contributed by atoms with E-state index in [1.54, 1.807) is 7.11 Å². The molecule has 0 amide bonds. The van der Waals surface area contributed by atoms with Crippen molar-refractivity contribution in [3.8, 4) is 11.5 Å². The molecule has 0 saturated heterocycles. The van der Waals surface area contributed by atoms with Crippen LogP contribution in [0.15, 0.2) is 48.5 Å². The average Bonchev–Trinajstić information content (AvgIpc) is 2.52. The summed E-state index contributed by atoms with van der Waals surface area (Å²) in [4.78, 5) is 0. The van der Waals surface area contributed by atoms with Crippen molar-refractivity contribution in [2.75, 3.05) is 13.7 Å². The Bertz CT molecular complexity index is 581. The standard InChI is InChI=1S/C18H23NO2/c1-13(2)16-9-4-5-10-18(16)21-12-17(19)14-7-6-8-15(11-14)20-3/h4-11,13,17H,12,19H2,1-3H3. The van der Waals surface area contributed by atoms with Gasteiger partial charge in [-0.1, -0.05) is 44.2 Å². The minimum atomic E-state index is -0.180. The highest BCUT2D eigenvalue weighted by atomic mass is 16.5. The van der Waals surface area contributed by atoms with Gasteiger partial charge in [-0.3, -0.25) is 0 Å². The highest BCUT2D eigenvalue weighted by Crippen LogP contribution is 2.27. The zero-order valence-electron chi connectivity index (χ0n) is 12.9.